The van der Waals surface area contributed by atoms with E-state index in [1.165, 1.54) is 7.11 Å². The van der Waals surface area contributed by atoms with E-state index in [1.54, 1.807) is 7.11 Å². The number of alkyl carbamates (subject to hydrolysis) is 1. The molecule has 0 saturated heterocycles. The molecule has 0 saturated carbocycles. The predicted octanol–water partition coefficient (Wildman–Crippen LogP) is 2.26. The van der Waals surface area contributed by atoms with Crippen molar-refractivity contribution in [2.75, 3.05) is 27.6 Å². The number of carbonyl (C=O) groups excluding carboxylic acids is 1. The first kappa shape index (κ1) is 14.0. The second-order valence-corrected chi connectivity index (χ2v) is 5.30. The Kier molecular flexibility index (Phi) is 4.56. The molecule has 1 atom stereocenters. The van der Waals surface area contributed by atoms with Gasteiger partial charge in [0.2, 0.25) is 12.5 Å². The number of benzene rings is 1. The molecule has 1 N–H and O–H groups in total. The monoisotopic (exact) mass is 379 g/mol. The van der Waals surface area contributed by atoms with Crippen molar-refractivity contribution >= 4 is 28.7 Å². The minimum absolute atomic E-state index is 0.0695. The van der Waals surface area contributed by atoms with Crippen LogP contribution >= 0.6 is 22.6 Å². The zero-order chi connectivity index (χ0) is 13.8. The summed E-state index contributed by atoms with van der Waals surface area (Å²) >= 11 is 2.23. The Bertz CT molecular complexity index is 479. The van der Waals surface area contributed by atoms with E-state index in [2.05, 4.69) is 32.6 Å². The van der Waals surface area contributed by atoms with Crippen molar-refractivity contribution < 1.29 is 23.7 Å². The SMILES string of the molecule is COC(=O)NCC(I)c1cc(OC)c2c(c1)OCO2. The van der Waals surface area contributed by atoms with Crippen LogP contribution in [0.1, 0.15) is 9.49 Å². The van der Waals surface area contributed by atoms with E-state index in [0.29, 0.717) is 23.8 Å². The van der Waals surface area contributed by atoms with Gasteiger partial charge < -0.3 is 24.3 Å². The van der Waals surface area contributed by atoms with Gasteiger partial charge >= 0.3 is 6.09 Å². The summed E-state index contributed by atoms with van der Waals surface area (Å²) in [5.74, 6) is 1.91. The highest BCUT2D eigenvalue weighted by atomic mass is 127. The molecular formula is C12H14INO5. The van der Waals surface area contributed by atoms with Crippen LogP contribution in [-0.2, 0) is 4.74 Å². The molecule has 0 spiro atoms. The Morgan fingerprint density at radius 2 is 2.26 bits per heavy atom. The molecule has 0 radical (unpaired) electrons. The minimum Gasteiger partial charge on any atom is -0.493 e. The third kappa shape index (κ3) is 3.14. The average Bonchev–Trinajstić information content (AvgIpc) is 2.91. The van der Waals surface area contributed by atoms with Crippen molar-refractivity contribution in [3.63, 3.8) is 0 Å². The van der Waals surface area contributed by atoms with Crippen molar-refractivity contribution in [1.82, 2.24) is 5.32 Å². The fourth-order valence-electron chi connectivity index (χ4n) is 1.69. The Balaban J connectivity index is 2.14. The molecule has 1 unspecified atom stereocenters. The second-order valence-electron chi connectivity index (χ2n) is 3.80. The van der Waals surface area contributed by atoms with Gasteiger partial charge in [0, 0.05) is 6.54 Å². The quantitative estimate of drug-likeness (QED) is 0.642. The summed E-state index contributed by atoms with van der Waals surface area (Å²) in [6, 6.07) is 3.77. The molecule has 1 aromatic rings. The molecule has 0 fully saturated rings. The van der Waals surface area contributed by atoms with E-state index >= 15 is 0 Å². The summed E-state index contributed by atoms with van der Waals surface area (Å²) in [5.41, 5.74) is 0.984. The van der Waals surface area contributed by atoms with E-state index in [1.807, 2.05) is 12.1 Å². The maximum atomic E-state index is 11.1. The number of hydrogen-bond acceptors (Lipinski definition) is 5. The number of hydrogen-bond donors (Lipinski definition) is 1. The molecule has 1 aromatic carbocycles. The summed E-state index contributed by atoms with van der Waals surface area (Å²) in [6.07, 6.45) is -0.450. The zero-order valence-electron chi connectivity index (χ0n) is 10.6. The summed E-state index contributed by atoms with van der Waals surface area (Å²) in [7, 11) is 2.91. The molecule has 0 bridgehead atoms. The van der Waals surface area contributed by atoms with Gasteiger partial charge in [-0.3, -0.25) is 0 Å². The van der Waals surface area contributed by atoms with Gasteiger partial charge in [0.15, 0.2) is 11.5 Å². The van der Waals surface area contributed by atoms with Crippen LogP contribution in [0.4, 0.5) is 4.79 Å². The fourth-order valence-corrected chi connectivity index (χ4v) is 2.27. The average molecular weight is 379 g/mol. The number of methoxy groups -OCH3 is 2. The number of fused-ring (bicyclic) bond motifs is 1. The van der Waals surface area contributed by atoms with Crippen LogP contribution in [0.3, 0.4) is 0 Å². The van der Waals surface area contributed by atoms with Gasteiger partial charge in [0.05, 0.1) is 18.1 Å². The zero-order valence-corrected chi connectivity index (χ0v) is 12.7. The van der Waals surface area contributed by atoms with Crippen molar-refractivity contribution in [3.05, 3.63) is 17.7 Å². The Morgan fingerprint density at radius 1 is 1.47 bits per heavy atom. The van der Waals surface area contributed by atoms with Gasteiger partial charge in [-0.25, -0.2) is 4.79 Å². The molecule has 2 rings (SSSR count). The van der Waals surface area contributed by atoms with E-state index in [9.17, 15) is 4.79 Å². The number of halogens is 1. The van der Waals surface area contributed by atoms with E-state index in [4.69, 9.17) is 14.2 Å². The first-order valence-electron chi connectivity index (χ1n) is 5.59. The lowest BCUT2D eigenvalue weighted by atomic mass is 10.1. The number of carbonyl (C=O) groups is 1. The maximum Gasteiger partial charge on any atom is 0.406 e. The molecule has 0 aliphatic carbocycles. The summed E-state index contributed by atoms with van der Waals surface area (Å²) < 4.78 is 20.6. The normalized spacial score (nSPS) is 13.8. The fraction of sp³-hybridized carbons (Fsp3) is 0.417. The number of ether oxygens (including phenoxy) is 4. The van der Waals surface area contributed by atoms with Crippen LogP contribution in [-0.4, -0.2) is 33.7 Å². The number of rotatable bonds is 4. The van der Waals surface area contributed by atoms with Crippen molar-refractivity contribution in [2.24, 2.45) is 0 Å². The predicted molar refractivity (Wildman–Crippen MR) is 76.3 cm³/mol. The van der Waals surface area contributed by atoms with Gasteiger partial charge in [-0.05, 0) is 17.7 Å². The Hall–Kier alpha value is -1.38. The van der Waals surface area contributed by atoms with E-state index in [0.717, 1.165) is 5.56 Å². The molecule has 19 heavy (non-hydrogen) atoms. The van der Waals surface area contributed by atoms with Crippen molar-refractivity contribution in [1.29, 1.82) is 0 Å². The van der Waals surface area contributed by atoms with Crippen LogP contribution in [0.15, 0.2) is 12.1 Å². The van der Waals surface area contributed by atoms with Gasteiger partial charge in [-0.2, -0.15) is 0 Å². The van der Waals surface area contributed by atoms with Crippen molar-refractivity contribution in [2.45, 2.75) is 3.92 Å². The number of nitrogens with one attached hydrogen (secondary N) is 1. The molecule has 1 heterocycles. The third-order valence-corrected chi connectivity index (χ3v) is 3.81. The first-order valence-corrected chi connectivity index (χ1v) is 6.83. The highest BCUT2D eigenvalue weighted by Crippen LogP contribution is 2.44. The lowest BCUT2D eigenvalue weighted by Crippen LogP contribution is -2.26. The number of amides is 1. The lowest BCUT2D eigenvalue weighted by Gasteiger charge is -2.13. The Morgan fingerprint density at radius 3 is 2.95 bits per heavy atom. The largest absolute Gasteiger partial charge is 0.493 e. The Labute approximate surface area is 124 Å². The van der Waals surface area contributed by atoms with E-state index in [-0.39, 0.29) is 10.7 Å². The van der Waals surface area contributed by atoms with Crippen LogP contribution < -0.4 is 19.5 Å². The van der Waals surface area contributed by atoms with Gasteiger partial charge in [0.25, 0.3) is 0 Å². The second kappa shape index (κ2) is 6.18. The first-order chi connectivity index (χ1) is 9.15. The van der Waals surface area contributed by atoms with Crippen LogP contribution in [0.5, 0.6) is 17.2 Å². The maximum absolute atomic E-state index is 11.1. The lowest BCUT2D eigenvalue weighted by molar-refractivity contribution is 0.171. The van der Waals surface area contributed by atoms with Crippen LogP contribution in [0.25, 0.3) is 0 Å². The van der Waals surface area contributed by atoms with Crippen LogP contribution in [0, 0.1) is 0 Å². The smallest absolute Gasteiger partial charge is 0.406 e. The molecule has 1 aliphatic rings. The summed E-state index contributed by atoms with van der Waals surface area (Å²) in [5, 5.41) is 2.65. The molecule has 104 valence electrons. The number of alkyl halides is 1. The molecular weight excluding hydrogens is 365 g/mol. The third-order valence-electron chi connectivity index (χ3n) is 2.65. The van der Waals surface area contributed by atoms with Gasteiger partial charge in [-0.1, -0.05) is 22.6 Å². The standard InChI is InChI=1S/C12H14INO5/c1-16-9-3-7(4-10-11(9)19-6-18-10)8(13)5-14-12(15)17-2/h3-4,8H,5-6H2,1-2H3,(H,14,15). The van der Waals surface area contributed by atoms with Gasteiger partial charge in [0.1, 0.15) is 0 Å². The molecule has 1 aliphatic heterocycles. The summed E-state index contributed by atoms with van der Waals surface area (Å²) in [4.78, 5) is 11.1. The molecule has 0 aromatic heterocycles. The van der Waals surface area contributed by atoms with E-state index < -0.39 is 6.09 Å². The van der Waals surface area contributed by atoms with Crippen molar-refractivity contribution in [3.8, 4) is 17.2 Å². The molecule has 7 heteroatoms. The summed E-state index contributed by atoms with van der Waals surface area (Å²) in [6.45, 7) is 0.650. The highest BCUT2D eigenvalue weighted by molar-refractivity contribution is 14.1. The highest BCUT2D eigenvalue weighted by Gasteiger charge is 2.22. The molecule has 6 nitrogen and oxygen atoms in total. The molecule has 1 amide bonds. The van der Waals surface area contributed by atoms with Gasteiger partial charge in [-0.15, -0.1) is 0 Å². The topological polar surface area (TPSA) is 66.0 Å². The minimum atomic E-state index is -0.450. The van der Waals surface area contributed by atoms with Crippen LogP contribution in [0.2, 0.25) is 0 Å².